The Morgan fingerprint density at radius 3 is 2.64 bits per heavy atom. The number of pyridine rings is 1. The van der Waals surface area contributed by atoms with Crippen molar-refractivity contribution in [3.8, 4) is 11.6 Å². The number of nitrogens with zero attached hydrogens (tertiary/aromatic N) is 3. The molecule has 0 saturated carbocycles. The van der Waals surface area contributed by atoms with Crippen LogP contribution in [0.2, 0.25) is 0 Å². The maximum absolute atomic E-state index is 12.1. The Morgan fingerprint density at radius 1 is 1.14 bits per heavy atom. The summed E-state index contributed by atoms with van der Waals surface area (Å²) in [5.41, 5.74) is 1.08. The Bertz CT molecular complexity index is 772. The van der Waals surface area contributed by atoms with Gasteiger partial charge in [-0.3, -0.25) is 15.1 Å². The number of thioether (sulfide) groups is 1. The Labute approximate surface area is 131 Å². The van der Waals surface area contributed by atoms with E-state index in [1.807, 2.05) is 24.5 Å². The summed E-state index contributed by atoms with van der Waals surface area (Å²) < 4.78 is 5.39. The molecule has 22 heavy (non-hydrogen) atoms. The molecule has 2 aromatic heterocycles. The number of carbonyl (C=O) groups excluding carboxylic acids is 1. The van der Waals surface area contributed by atoms with E-state index in [0.717, 1.165) is 4.90 Å². The van der Waals surface area contributed by atoms with Gasteiger partial charge in [-0.05, 0) is 42.7 Å². The second kappa shape index (κ2) is 6.40. The molecule has 0 fully saturated rings. The van der Waals surface area contributed by atoms with E-state index < -0.39 is 0 Å². The molecule has 6 nitrogen and oxygen atoms in total. The van der Waals surface area contributed by atoms with Crippen molar-refractivity contribution in [3.05, 3.63) is 54.2 Å². The highest BCUT2D eigenvalue weighted by Crippen LogP contribution is 2.18. The fraction of sp³-hybridized carbons (Fsp3) is 0.0667. The third-order valence-corrected chi connectivity index (χ3v) is 3.63. The van der Waals surface area contributed by atoms with Gasteiger partial charge in [0.25, 0.3) is 11.8 Å². The van der Waals surface area contributed by atoms with Gasteiger partial charge in [0.2, 0.25) is 0 Å². The Morgan fingerprint density at radius 2 is 1.95 bits per heavy atom. The number of anilines is 1. The summed E-state index contributed by atoms with van der Waals surface area (Å²) in [6, 6.07) is 12.7. The van der Waals surface area contributed by atoms with Crippen LogP contribution in [0.1, 0.15) is 10.4 Å². The summed E-state index contributed by atoms with van der Waals surface area (Å²) in [5.74, 6) is -0.0440. The van der Waals surface area contributed by atoms with Gasteiger partial charge in [-0.25, -0.2) is 0 Å². The lowest BCUT2D eigenvalue weighted by Gasteiger charge is -2.01. The molecular formula is C15H12N4O2S. The highest BCUT2D eigenvalue weighted by atomic mass is 32.2. The second-order valence-electron chi connectivity index (χ2n) is 4.31. The van der Waals surface area contributed by atoms with Gasteiger partial charge in [-0.1, -0.05) is 11.2 Å². The summed E-state index contributed by atoms with van der Waals surface area (Å²) in [7, 11) is 0. The number of rotatable bonds is 4. The van der Waals surface area contributed by atoms with Crippen LogP contribution in [0.15, 0.2) is 58.0 Å². The number of nitrogens with one attached hydrogen (secondary N) is 1. The van der Waals surface area contributed by atoms with Crippen LogP contribution >= 0.6 is 11.8 Å². The van der Waals surface area contributed by atoms with E-state index in [2.05, 4.69) is 20.5 Å². The van der Waals surface area contributed by atoms with Crippen LogP contribution in [-0.4, -0.2) is 27.3 Å². The van der Waals surface area contributed by atoms with Gasteiger partial charge in [-0.15, -0.1) is 16.9 Å². The molecule has 1 amide bonds. The highest BCUT2D eigenvalue weighted by molar-refractivity contribution is 7.98. The maximum Gasteiger partial charge on any atom is 0.322 e. The zero-order valence-electron chi connectivity index (χ0n) is 11.7. The van der Waals surface area contributed by atoms with E-state index in [0.29, 0.717) is 11.3 Å². The molecule has 0 saturated heterocycles. The van der Waals surface area contributed by atoms with Crippen molar-refractivity contribution in [2.45, 2.75) is 4.90 Å². The van der Waals surface area contributed by atoms with Crippen LogP contribution in [0, 0.1) is 0 Å². The van der Waals surface area contributed by atoms with Gasteiger partial charge < -0.3 is 4.42 Å². The quantitative estimate of drug-likeness (QED) is 0.746. The summed E-state index contributed by atoms with van der Waals surface area (Å²) in [6.45, 7) is 0. The second-order valence-corrected chi connectivity index (χ2v) is 5.19. The molecule has 3 rings (SSSR count). The molecule has 3 aromatic rings. The van der Waals surface area contributed by atoms with Crippen LogP contribution in [0.3, 0.4) is 0 Å². The van der Waals surface area contributed by atoms with Crippen LogP contribution in [0.4, 0.5) is 6.01 Å². The molecule has 2 heterocycles. The van der Waals surface area contributed by atoms with E-state index in [1.54, 1.807) is 42.2 Å². The number of benzene rings is 1. The van der Waals surface area contributed by atoms with Crippen molar-refractivity contribution in [1.82, 2.24) is 15.2 Å². The minimum absolute atomic E-state index is 0.0413. The van der Waals surface area contributed by atoms with Gasteiger partial charge >= 0.3 is 6.01 Å². The topological polar surface area (TPSA) is 80.9 Å². The van der Waals surface area contributed by atoms with Gasteiger partial charge in [0.1, 0.15) is 5.69 Å². The number of hydrogen-bond donors (Lipinski definition) is 1. The molecule has 110 valence electrons. The van der Waals surface area contributed by atoms with Crippen molar-refractivity contribution in [2.24, 2.45) is 0 Å². The largest absolute Gasteiger partial charge is 0.401 e. The third kappa shape index (κ3) is 3.15. The molecule has 0 bridgehead atoms. The summed E-state index contributed by atoms with van der Waals surface area (Å²) >= 11 is 1.61. The van der Waals surface area contributed by atoms with Gasteiger partial charge in [0.15, 0.2) is 0 Å². The number of amides is 1. The molecule has 0 spiro atoms. The van der Waals surface area contributed by atoms with Crippen LogP contribution < -0.4 is 5.32 Å². The lowest BCUT2D eigenvalue weighted by Crippen LogP contribution is -2.11. The van der Waals surface area contributed by atoms with E-state index >= 15 is 0 Å². The molecule has 0 aliphatic carbocycles. The average Bonchev–Trinajstić information content (AvgIpc) is 3.04. The predicted molar refractivity (Wildman–Crippen MR) is 83.7 cm³/mol. The van der Waals surface area contributed by atoms with Crippen molar-refractivity contribution in [2.75, 3.05) is 11.6 Å². The molecular weight excluding hydrogens is 300 g/mol. The molecule has 0 unspecified atom stereocenters. The molecule has 1 N–H and O–H groups in total. The molecule has 7 heteroatoms. The first-order chi connectivity index (χ1) is 10.8. The normalized spacial score (nSPS) is 10.4. The Hall–Kier alpha value is -2.67. The lowest BCUT2D eigenvalue weighted by atomic mass is 10.2. The number of aromatic nitrogens is 3. The fourth-order valence-electron chi connectivity index (χ4n) is 1.78. The highest BCUT2D eigenvalue weighted by Gasteiger charge is 2.13. The summed E-state index contributed by atoms with van der Waals surface area (Å²) in [6.07, 6.45) is 3.61. The van der Waals surface area contributed by atoms with Gasteiger partial charge in [-0.2, -0.15) is 0 Å². The van der Waals surface area contributed by atoms with Crippen molar-refractivity contribution in [3.63, 3.8) is 0 Å². The first kappa shape index (κ1) is 14.3. The number of carbonyl (C=O) groups is 1. The van der Waals surface area contributed by atoms with E-state index in [4.69, 9.17) is 4.42 Å². The van der Waals surface area contributed by atoms with Crippen molar-refractivity contribution in [1.29, 1.82) is 0 Å². The first-order valence-corrected chi connectivity index (χ1v) is 7.69. The average molecular weight is 312 g/mol. The van der Waals surface area contributed by atoms with Gasteiger partial charge in [0.05, 0.1) is 0 Å². The van der Waals surface area contributed by atoms with Gasteiger partial charge in [0, 0.05) is 16.7 Å². The minimum Gasteiger partial charge on any atom is -0.401 e. The van der Waals surface area contributed by atoms with E-state index in [9.17, 15) is 4.79 Å². The fourth-order valence-corrected chi connectivity index (χ4v) is 2.19. The lowest BCUT2D eigenvalue weighted by molar-refractivity contribution is 0.102. The van der Waals surface area contributed by atoms with Crippen LogP contribution in [0.25, 0.3) is 11.6 Å². The monoisotopic (exact) mass is 312 g/mol. The summed E-state index contributed by atoms with van der Waals surface area (Å²) in [5, 5.41) is 10.2. The molecule has 1 aromatic carbocycles. The zero-order chi connectivity index (χ0) is 15.4. The molecule has 0 radical (unpaired) electrons. The molecule has 0 aliphatic heterocycles. The Kier molecular flexibility index (Phi) is 4.15. The first-order valence-electron chi connectivity index (χ1n) is 6.46. The molecule has 0 atom stereocenters. The maximum atomic E-state index is 12.1. The van der Waals surface area contributed by atoms with Crippen molar-refractivity contribution >= 4 is 23.7 Å². The Balaban J connectivity index is 1.73. The van der Waals surface area contributed by atoms with E-state index in [-0.39, 0.29) is 17.8 Å². The van der Waals surface area contributed by atoms with Crippen LogP contribution in [-0.2, 0) is 0 Å². The molecule has 0 aliphatic rings. The standard InChI is InChI=1S/C15H12N4O2S/c1-22-11-7-5-10(6-8-11)13(20)17-15-19-18-14(21-15)12-4-2-3-9-16-12/h2-9H,1H3,(H,17,19,20). The number of hydrogen-bond acceptors (Lipinski definition) is 6. The van der Waals surface area contributed by atoms with Crippen molar-refractivity contribution < 1.29 is 9.21 Å². The summed E-state index contributed by atoms with van der Waals surface area (Å²) in [4.78, 5) is 17.3. The predicted octanol–water partition coefficient (Wildman–Crippen LogP) is 3.11. The SMILES string of the molecule is CSc1ccc(C(=O)Nc2nnc(-c3ccccn3)o2)cc1. The third-order valence-electron chi connectivity index (χ3n) is 2.88. The zero-order valence-corrected chi connectivity index (χ0v) is 12.5. The van der Waals surface area contributed by atoms with Crippen LogP contribution in [0.5, 0.6) is 0 Å². The van der Waals surface area contributed by atoms with E-state index in [1.165, 1.54) is 0 Å². The smallest absolute Gasteiger partial charge is 0.322 e. The minimum atomic E-state index is -0.302.